The number of carbonyl (C=O) groups is 1. The second-order valence-corrected chi connectivity index (χ2v) is 5.29. The van der Waals surface area contributed by atoms with Crippen molar-refractivity contribution in [1.29, 1.82) is 0 Å². The topological polar surface area (TPSA) is 47.6 Å². The van der Waals surface area contributed by atoms with Crippen LogP contribution in [0.3, 0.4) is 0 Å². The highest BCUT2D eigenvalue weighted by molar-refractivity contribution is 5.94. The van der Waals surface area contributed by atoms with Crippen LogP contribution in [0.4, 0.5) is 0 Å². The van der Waals surface area contributed by atoms with Crippen LogP contribution in [-0.2, 0) is 6.42 Å². The number of carbonyl (C=O) groups excluding carboxylic acids is 1. The lowest BCUT2D eigenvalue weighted by atomic mass is 10.0. The minimum atomic E-state index is -0.0456. The van der Waals surface area contributed by atoms with E-state index in [1.165, 1.54) is 0 Å². The molecule has 0 spiro atoms. The lowest BCUT2D eigenvalue weighted by molar-refractivity contribution is 0.0954. The predicted octanol–water partition coefficient (Wildman–Crippen LogP) is 2.74. The van der Waals surface area contributed by atoms with Gasteiger partial charge in [0.15, 0.2) is 11.5 Å². The van der Waals surface area contributed by atoms with Crippen LogP contribution < -0.4 is 14.8 Å². The fourth-order valence-electron chi connectivity index (χ4n) is 2.50. The Labute approximate surface area is 130 Å². The average Bonchev–Trinajstić information content (AvgIpc) is 2.56. The molecule has 1 N–H and O–H groups in total. The first-order valence-electron chi connectivity index (χ1n) is 7.46. The van der Waals surface area contributed by atoms with E-state index in [4.69, 9.17) is 9.47 Å². The standard InChI is InChI=1S/C18H19NO3/c1-13-11-16-17(22-10-9-21-16)12-15(13)7-8-19-18(20)14-5-3-2-4-6-14/h2-6,11-12H,7-10H2,1H3,(H,19,20). The minimum Gasteiger partial charge on any atom is -0.486 e. The van der Waals surface area contributed by atoms with Crippen molar-refractivity contribution in [2.24, 2.45) is 0 Å². The van der Waals surface area contributed by atoms with Crippen molar-refractivity contribution in [3.05, 3.63) is 59.2 Å². The smallest absolute Gasteiger partial charge is 0.251 e. The van der Waals surface area contributed by atoms with Gasteiger partial charge in [0.05, 0.1) is 0 Å². The van der Waals surface area contributed by atoms with E-state index in [9.17, 15) is 4.79 Å². The van der Waals surface area contributed by atoms with E-state index in [1.807, 2.05) is 49.4 Å². The van der Waals surface area contributed by atoms with Crippen molar-refractivity contribution in [2.45, 2.75) is 13.3 Å². The van der Waals surface area contributed by atoms with Gasteiger partial charge in [-0.1, -0.05) is 18.2 Å². The molecule has 0 bridgehead atoms. The Hall–Kier alpha value is -2.49. The maximum atomic E-state index is 12.0. The number of ether oxygens (including phenoxy) is 2. The molecule has 4 nitrogen and oxygen atoms in total. The van der Waals surface area contributed by atoms with Crippen molar-refractivity contribution in [3.8, 4) is 11.5 Å². The van der Waals surface area contributed by atoms with Gasteiger partial charge in [-0.2, -0.15) is 0 Å². The molecule has 1 amide bonds. The molecule has 22 heavy (non-hydrogen) atoms. The van der Waals surface area contributed by atoms with Gasteiger partial charge in [-0.05, 0) is 48.7 Å². The van der Waals surface area contributed by atoms with E-state index in [2.05, 4.69) is 5.32 Å². The molecule has 0 fully saturated rings. The Morgan fingerprint density at radius 2 is 1.77 bits per heavy atom. The van der Waals surface area contributed by atoms with Gasteiger partial charge in [-0.15, -0.1) is 0 Å². The summed E-state index contributed by atoms with van der Waals surface area (Å²) >= 11 is 0. The van der Waals surface area contributed by atoms with Crippen molar-refractivity contribution in [3.63, 3.8) is 0 Å². The molecule has 4 heteroatoms. The van der Waals surface area contributed by atoms with E-state index >= 15 is 0 Å². The van der Waals surface area contributed by atoms with Gasteiger partial charge in [0.1, 0.15) is 13.2 Å². The van der Waals surface area contributed by atoms with Gasteiger partial charge >= 0.3 is 0 Å². The van der Waals surface area contributed by atoms with Crippen LogP contribution in [0.5, 0.6) is 11.5 Å². The zero-order chi connectivity index (χ0) is 15.4. The largest absolute Gasteiger partial charge is 0.486 e. The number of hydrogen-bond donors (Lipinski definition) is 1. The summed E-state index contributed by atoms with van der Waals surface area (Å²) in [6, 6.07) is 13.3. The minimum absolute atomic E-state index is 0.0456. The lowest BCUT2D eigenvalue weighted by Gasteiger charge is -2.20. The molecule has 1 heterocycles. The predicted molar refractivity (Wildman–Crippen MR) is 84.6 cm³/mol. The molecule has 114 valence electrons. The summed E-state index contributed by atoms with van der Waals surface area (Å²) in [4.78, 5) is 12.0. The number of rotatable bonds is 4. The zero-order valence-corrected chi connectivity index (χ0v) is 12.6. The van der Waals surface area contributed by atoms with E-state index in [0.717, 1.165) is 29.0 Å². The summed E-state index contributed by atoms with van der Waals surface area (Å²) in [7, 11) is 0. The van der Waals surface area contributed by atoms with E-state index in [-0.39, 0.29) is 5.91 Å². The highest BCUT2D eigenvalue weighted by Gasteiger charge is 2.14. The van der Waals surface area contributed by atoms with E-state index < -0.39 is 0 Å². The number of nitrogens with one attached hydrogen (secondary N) is 1. The molecule has 2 aromatic rings. The Bertz CT molecular complexity index is 668. The van der Waals surface area contributed by atoms with Gasteiger partial charge in [-0.25, -0.2) is 0 Å². The summed E-state index contributed by atoms with van der Waals surface area (Å²) in [6.45, 7) is 3.82. The Morgan fingerprint density at radius 1 is 1.09 bits per heavy atom. The molecular formula is C18H19NO3. The normalized spacial score (nSPS) is 12.8. The zero-order valence-electron chi connectivity index (χ0n) is 12.6. The maximum Gasteiger partial charge on any atom is 0.251 e. The molecule has 0 saturated heterocycles. The second-order valence-electron chi connectivity index (χ2n) is 5.29. The Balaban J connectivity index is 1.61. The Morgan fingerprint density at radius 3 is 2.50 bits per heavy atom. The van der Waals surface area contributed by atoms with E-state index in [1.54, 1.807) is 0 Å². The number of aryl methyl sites for hydroxylation is 1. The van der Waals surface area contributed by atoms with Crippen LogP contribution in [0.2, 0.25) is 0 Å². The molecule has 0 atom stereocenters. The second kappa shape index (κ2) is 6.52. The molecule has 0 aromatic heterocycles. The monoisotopic (exact) mass is 297 g/mol. The van der Waals surface area contributed by atoms with Gasteiger partial charge in [0.25, 0.3) is 5.91 Å². The molecule has 1 aliphatic heterocycles. The number of amides is 1. The number of hydrogen-bond acceptors (Lipinski definition) is 3. The molecule has 0 unspecified atom stereocenters. The van der Waals surface area contributed by atoms with Crippen LogP contribution >= 0.6 is 0 Å². The van der Waals surface area contributed by atoms with Crippen LogP contribution in [0.25, 0.3) is 0 Å². The van der Waals surface area contributed by atoms with Crippen LogP contribution in [0.1, 0.15) is 21.5 Å². The summed E-state index contributed by atoms with van der Waals surface area (Å²) in [5.41, 5.74) is 3.00. The maximum absolute atomic E-state index is 12.0. The lowest BCUT2D eigenvalue weighted by Crippen LogP contribution is -2.25. The molecule has 0 aliphatic carbocycles. The molecule has 2 aromatic carbocycles. The first-order chi connectivity index (χ1) is 10.7. The number of fused-ring (bicyclic) bond motifs is 1. The summed E-state index contributed by atoms with van der Waals surface area (Å²) in [5, 5.41) is 2.94. The molecule has 3 rings (SSSR count). The summed E-state index contributed by atoms with van der Waals surface area (Å²) in [5.74, 6) is 1.55. The summed E-state index contributed by atoms with van der Waals surface area (Å²) < 4.78 is 11.2. The van der Waals surface area contributed by atoms with Crippen LogP contribution in [-0.4, -0.2) is 25.7 Å². The third-order valence-corrected chi connectivity index (χ3v) is 3.72. The number of benzene rings is 2. The Kier molecular flexibility index (Phi) is 4.28. The fraction of sp³-hybridized carbons (Fsp3) is 0.278. The molecular weight excluding hydrogens is 278 g/mol. The average molecular weight is 297 g/mol. The van der Waals surface area contributed by atoms with Crippen molar-refractivity contribution in [2.75, 3.05) is 19.8 Å². The fourth-order valence-corrected chi connectivity index (χ4v) is 2.50. The van der Waals surface area contributed by atoms with Gasteiger partial charge < -0.3 is 14.8 Å². The van der Waals surface area contributed by atoms with Crippen molar-refractivity contribution >= 4 is 5.91 Å². The molecule has 0 saturated carbocycles. The SMILES string of the molecule is Cc1cc2c(cc1CCNC(=O)c1ccccc1)OCCO2. The van der Waals surface area contributed by atoms with Gasteiger partial charge in [-0.3, -0.25) is 4.79 Å². The first-order valence-corrected chi connectivity index (χ1v) is 7.46. The van der Waals surface area contributed by atoms with Gasteiger partial charge in [0, 0.05) is 12.1 Å². The van der Waals surface area contributed by atoms with Crippen molar-refractivity contribution < 1.29 is 14.3 Å². The highest BCUT2D eigenvalue weighted by atomic mass is 16.6. The highest BCUT2D eigenvalue weighted by Crippen LogP contribution is 2.33. The quantitative estimate of drug-likeness (QED) is 0.944. The van der Waals surface area contributed by atoms with E-state index in [0.29, 0.717) is 25.3 Å². The van der Waals surface area contributed by atoms with Crippen molar-refractivity contribution in [1.82, 2.24) is 5.32 Å². The summed E-state index contributed by atoms with van der Waals surface area (Å²) in [6.07, 6.45) is 0.765. The molecule has 0 radical (unpaired) electrons. The van der Waals surface area contributed by atoms with Gasteiger partial charge in [0.2, 0.25) is 0 Å². The first kappa shape index (κ1) is 14.4. The van der Waals surface area contributed by atoms with Crippen LogP contribution in [0, 0.1) is 6.92 Å². The third kappa shape index (κ3) is 3.22. The van der Waals surface area contributed by atoms with Crippen LogP contribution in [0.15, 0.2) is 42.5 Å². The molecule has 1 aliphatic rings. The third-order valence-electron chi connectivity index (χ3n) is 3.72.